The smallest absolute Gasteiger partial charge is 0.325 e. The van der Waals surface area contributed by atoms with Crippen LogP contribution in [0.4, 0.5) is 5.69 Å². The summed E-state index contributed by atoms with van der Waals surface area (Å²) >= 11 is 0. The Bertz CT molecular complexity index is 1170. The summed E-state index contributed by atoms with van der Waals surface area (Å²) in [6.45, 7) is 11.9. The van der Waals surface area contributed by atoms with E-state index in [2.05, 4.69) is 39.4 Å². The van der Waals surface area contributed by atoms with Crippen LogP contribution in [0.2, 0.25) is 0 Å². The number of aliphatic imine (C=N–C) groups is 2. The van der Waals surface area contributed by atoms with Crippen molar-refractivity contribution in [3.05, 3.63) is 59.7 Å². The number of esters is 1. The Morgan fingerprint density at radius 3 is 2.35 bits per heavy atom. The molecule has 1 atom stereocenters. The lowest BCUT2D eigenvalue weighted by Gasteiger charge is -2.25. The van der Waals surface area contributed by atoms with Crippen molar-refractivity contribution in [2.75, 3.05) is 44.7 Å². The maximum absolute atomic E-state index is 12.4. The second kappa shape index (κ2) is 14.6. The zero-order valence-corrected chi connectivity index (χ0v) is 24.0. The van der Waals surface area contributed by atoms with Crippen molar-refractivity contribution in [3.8, 4) is 5.75 Å². The molecular weight excluding hydrogens is 510 g/mol. The average Bonchev–Trinajstić information content (AvgIpc) is 2.92. The number of guanidine groups is 1. The maximum atomic E-state index is 12.4. The number of hydrogen-bond donors (Lipinski definition) is 3. The Morgan fingerprint density at radius 2 is 1.77 bits per heavy atom. The first-order valence-corrected chi connectivity index (χ1v) is 13.6. The summed E-state index contributed by atoms with van der Waals surface area (Å²) in [5.41, 5.74) is 1.71. The Kier molecular flexibility index (Phi) is 11.2. The zero-order valence-electron chi connectivity index (χ0n) is 24.0. The van der Waals surface area contributed by atoms with E-state index in [4.69, 9.17) is 9.47 Å². The lowest BCUT2D eigenvalue weighted by Crippen LogP contribution is -2.36. The number of anilines is 1. The SMILES string of the molecule is CC(C)N(CCO)CCOc1ccc(NC2=NCC(c3ccc(C(=O)NCC(=O)OC(C)(C)C)cc3)C=N2)cc1. The summed E-state index contributed by atoms with van der Waals surface area (Å²) in [7, 11) is 0. The van der Waals surface area contributed by atoms with Gasteiger partial charge in [-0.2, -0.15) is 0 Å². The first kappa shape index (κ1) is 30.8. The summed E-state index contributed by atoms with van der Waals surface area (Å²) < 4.78 is 11.1. The molecule has 3 N–H and O–H groups in total. The van der Waals surface area contributed by atoms with Crippen LogP contribution in [0.25, 0.3) is 0 Å². The van der Waals surface area contributed by atoms with E-state index in [1.54, 1.807) is 32.9 Å². The molecule has 1 unspecified atom stereocenters. The maximum Gasteiger partial charge on any atom is 0.325 e. The number of aliphatic hydroxyl groups excluding tert-OH is 1. The van der Waals surface area contributed by atoms with E-state index in [0.717, 1.165) is 23.5 Å². The van der Waals surface area contributed by atoms with Crippen LogP contribution >= 0.6 is 0 Å². The summed E-state index contributed by atoms with van der Waals surface area (Å²) in [6.07, 6.45) is 1.84. The van der Waals surface area contributed by atoms with Gasteiger partial charge in [-0.05, 0) is 76.6 Å². The van der Waals surface area contributed by atoms with Crippen LogP contribution in [-0.4, -0.2) is 85.1 Å². The monoisotopic (exact) mass is 551 g/mol. The molecule has 1 amide bonds. The molecule has 10 heteroatoms. The second-order valence-corrected chi connectivity index (χ2v) is 10.8. The molecule has 1 aliphatic heterocycles. The number of nitrogens with one attached hydrogen (secondary N) is 2. The fourth-order valence-corrected chi connectivity index (χ4v) is 4.01. The van der Waals surface area contributed by atoms with Crippen LogP contribution < -0.4 is 15.4 Å². The van der Waals surface area contributed by atoms with E-state index >= 15 is 0 Å². The fraction of sp³-hybridized carbons (Fsp3) is 0.467. The average molecular weight is 552 g/mol. The minimum atomic E-state index is -0.597. The van der Waals surface area contributed by atoms with Gasteiger partial charge in [0.25, 0.3) is 5.91 Å². The molecule has 0 aliphatic carbocycles. The molecule has 216 valence electrons. The minimum Gasteiger partial charge on any atom is -0.492 e. The molecule has 0 fully saturated rings. The molecule has 1 aliphatic rings. The molecule has 0 radical (unpaired) electrons. The number of aliphatic hydroxyl groups is 1. The number of hydrogen-bond acceptors (Lipinski definition) is 9. The van der Waals surface area contributed by atoms with Gasteiger partial charge < -0.3 is 25.2 Å². The predicted octanol–water partition coefficient (Wildman–Crippen LogP) is 3.48. The summed E-state index contributed by atoms with van der Waals surface area (Å²) in [6, 6.07) is 15.2. The molecule has 0 spiro atoms. The Balaban J connectivity index is 1.44. The normalized spacial score (nSPS) is 15.1. The lowest BCUT2D eigenvalue weighted by atomic mass is 9.98. The van der Waals surface area contributed by atoms with Gasteiger partial charge in [0.15, 0.2) is 0 Å². The highest BCUT2D eigenvalue weighted by Crippen LogP contribution is 2.20. The molecule has 2 aromatic rings. The number of carbonyl (C=O) groups excluding carboxylic acids is 2. The number of carbonyl (C=O) groups is 2. The molecule has 0 saturated heterocycles. The fourth-order valence-electron chi connectivity index (χ4n) is 4.01. The first-order valence-electron chi connectivity index (χ1n) is 13.6. The van der Waals surface area contributed by atoms with Crippen molar-refractivity contribution in [2.24, 2.45) is 9.98 Å². The van der Waals surface area contributed by atoms with Crippen LogP contribution in [0.15, 0.2) is 58.5 Å². The van der Waals surface area contributed by atoms with Crippen LogP contribution in [0.3, 0.4) is 0 Å². The first-order chi connectivity index (χ1) is 19.0. The van der Waals surface area contributed by atoms with E-state index in [1.165, 1.54) is 0 Å². The van der Waals surface area contributed by atoms with Crippen LogP contribution in [-0.2, 0) is 9.53 Å². The van der Waals surface area contributed by atoms with Crippen molar-refractivity contribution >= 4 is 29.7 Å². The number of amides is 1. The van der Waals surface area contributed by atoms with Crippen molar-refractivity contribution < 1.29 is 24.2 Å². The molecule has 1 heterocycles. The van der Waals surface area contributed by atoms with E-state index in [1.807, 2.05) is 42.6 Å². The van der Waals surface area contributed by atoms with Gasteiger partial charge in [0.2, 0.25) is 5.96 Å². The van der Waals surface area contributed by atoms with Gasteiger partial charge in [0, 0.05) is 42.5 Å². The zero-order chi connectivity index (χ0) is 29.1. The molecule has 0 saturated carbocycles. The van der Waals surface area contributed by atoms with E-state index in [0.29, 0.717) is 37.3 Å². The summed E-state index contributed by atoms with van der Waals surface area (Å²) in [5, 5.41) is 15.0. The van der Waals surface area contributed by atoms with Gasteiger partial charge in [0.05, 0.1) is 13.2 Å². The number of nitrogens with zero attached hydrogens (tertiary/aromatic N) is 3. The highest BCUT2D eigenvalue weighted by Gasteiger charge is 2.18. The number of rotatable bonds is 12. The second-order valence-electron chi connectivity index (χ2n) is 10.8. The Hall–Kier alpha value is -3.76. The van der Waals surface area contributed by atoms with Gasteiger partial charge in [-0.3, -0.25) is 19.5 Å². The summed E-state index contributed by atoms with van der Waals surface area (Å²) in [4.78, 5) is 35.4. The molecule has 0 aromatic heterocycles. The van der Waals surface area contributed by atoms with Crippen LogP contribution in [0.1, 0.15) is 56.5 Å². The van der Waals surface area contributed by atoms with Gasteiger partial charge in [0.1, 0.15) is 24.5 Å². The molecular formula is C30H41N5O5. The third kappa shape index (κ3) is 10.1. The highest BCUT2D eigenvalue weighted by atomic mass is 16.6. The molecule has 3 rings (SSSR count). The largest absolute Gasteiger partial charge is 0.492 e. The quantitative estimate of drug-likeness (QED) is 0.345. The lowest BCUT2D eigenvalue weighted by molar-refractivity contribution is -0.153. The van der Waals surface area contributed by atoms with E-state index < -0.39 is 11.6 Å². The predicted molar refractivity (Wildman–Crippen MR) is 158 cm³/mol. The van der Waals surface area contributed by atoms with Crippen LogP contribution in [0.5, 0.6) is 5.75 Å². The third-order valence-electron chi connectivity index (χ3n) is 6.10. The van der Waals surface area contributed by atoms with E-state index in [-0.39, 0.29) is 25.0 Å². The number of benzene rings is 2. The molecule has 10 nitrogen and oxygen atoms in total. The van der Waals surface area contributed by atoms with Gasteiger partial charge in [-0.15, -0.1) is 0 Å². The molecule has 2 aromatic carbocycles. The molecule has 40 heavy (non-hydrogen) atoms. The Labute approximate surface area is 236 Å². The Morgan fingerprint density at radius 1 is 1.07 bits per heavy atom. The summed E-state index contributed by atoms with van der Waals surface area (Å²) in [5.74, 6) is 0.478. The third-order valence-corrected chi connectivity index (χ3v) is 6.10. The van der Waals surface area contributed by atoms with Gasteiger partial charge in [-0.25, -0.2) is 4.99 Å². The van der Waals surface area contributed by atoms with Crippen molar-refractivity contribution in [3.63, 3.8) is 0 Å². The standard InChI is InChI=1S/C30H41N5O5/c1-21(2)35(14-16-36)15-17-39-26-12-10-25(11-13-26)34-29-32-18-24(19-33-29)22-6-8-23(9-7-22)28(38)31-20-27(37)40-30(3,4)5/h6-13,18,21,24,36H,14-17,19-20H2,1-5H3,(H,31,38)(H,33,34). The highest BCUT2D eigenvalue weighted by molar-refractivity contribution is 6.00. The van der Waals surface area contributed by atoms with Crippen molar-refractivity contribution in [1.29, 1.82) is 0 Å². The van der Waals surface area contributed by atoms with Crippen molar-refractivity contribution in [1.82, 2.24) is 10.2 Å². The minimum absolute atomic E-state index is 0.00330. The van der Waals surface area contributed by atoms with Crippen molar-refractivity contribution in [2.45, 2.75) is 52.2 Å². The number of ether oxygens (including phenoxy) is 2. The van der Waals surface area contributed by atoms with Crippen LogP contribution in [0, 0.1) is 0 Å². The topological polar surface area (TPSA) is 125 Å². The molecule has 0 bridgehead atoms. The van der Waals surface area contributed by atoms with Gasteiger partial charge >= 0.3 is 5.97 Å². The van der Waals surface area contributed by atoms with E-state index in [9.17, 15) is 14.7 Å². The van der Waals surface area contributed by atoms with Gasteiger partial charge in [-0.1, -0.05) is 12.1 Å².